The van der Waals surface area contributed by atoms with Crippen LogP contribution in [0.2, 0.25) is 0 Å². The first kappa shape index (κ1) is 16.3. The Kier molecular flexibility index (Phi) is 6.18. The smallest absolute Gasteiger partial charge is 0.241 e. The molecule has 1 saturated heterocycles. The van der Waals surface area contributed by atoms with Gasteiger partial charge in [0, 0.05) is 25.2 Å². The van der Waals surface area contributed by atoms with Gasteiger partial charge in [-0.05, 0) is 25.8 Å². The number of benzene rings is 1. The van der Waals surface area contributed by atoms with E-state index < -0.39 is 0 Å². The molecular weight excluding hydrogens is 283 g/mol. The maximum absolute atomic E-state index is 13.6. The lowest BCUT2D eigenvalue weighted by atomic mass is 10.2. The van der Waals surface area contributed by atoms with E-state index in [0.29, 0.717) is 18.1 Å². The average Bonchev–Trinajstić information content (AvgIpc) is 3.05. The van der Waals surface area contributed by atoms with Gasteiger partial charge in [-0.3, -0.25) is 4.79 Å². The average molecular weight is 306 g/mol. The molecule has 0 unspecified atom stereocenters. The first-order chi connectivity index (χ1) is 10.7. The van der Waals surface area contributed by atoms with Crippen LogP contribution >= 0.6 is 0 Å². The minimum Gasteiger partial charge on any atom is -0.357 e. The van der Waals surface area contributed by atoms with E-state index in [2.05, 4.69) is 15.6 Å². The van der Waals surface area contributed by atoms with E-state index in [1.165, 1.54) is 6.07 Å². The monoisotopic (exact) mass is 306 g/mol. The highest BCUT2D eigenvalue weighted by molar-refractivity contribution is 5.86. The van der Waals surface area contributed by atoms with Gasteiger partial charge in [0.2, 0.25) is 5.91 Å². The molecule has 0 radical (unpaired) electrons. The molecule has 5 nitrogen and oxygen atoms in total. The summed E-state index contributed by atoms with van der Waals surface area (Å²) in [6.07, 6.45) is 2.15. The van der Waals surface area contributed by atoms with Crippen molar-refractivity contribution in [2.75, 3.05) is 26.2 Å². The number of guanidine groups is 1. The fraction of sp³-hybridized carbons (Fsp3) is 0.500. The minimum absolute atomic E-state index is 0.0778. The zero-order chi connectivity index (χ0) is 15.8. The molecule has 1 aromatic carbocycles. The highest BCUT2D eigenvalue weighted by atomic mass is 19.1. The van der Waals surface area contributed by atoms with Crippen LogP contribution in [0.3, 0.4) is 0 Å². The molecule has 1 aliphatic heterocycles. The lowest BCUT2D eigenvalue weighted by Gasteiger charge is -2.17. The Bertz CT molecular complexity index is 527. The second kappa shape index (κ2) is 8.36. The second-order valence-corrected chi connectivity index (χ2v) is 5.23. The minimum atomic E-state index is -0.268. The number of aliphatic imine (C=N–C) groups is 1. The molecule has 22 heavy (non-hydrogen) atoms. The molecule has 2 rings (SSSR count). The maximum Gasteiger partial charge on any atom is 0.241 e. The van der Waals surface area contributed by atoms with E-state index in [0.717, 1.165) is 25.9 Å². The lowest BCUT2D eigenvalue weighted by molar-refractivity contribution is -0.128. The zero-order valence-corrected chi connectivity index (χ0v) is 12.9. The molecule has 1 aromatic rings. The van der Waals surface area contributed by atoms with Crippen molar-refractivity contribution in [3.8, 4) is 0 Å². The van der Waals surface area contributed by atoms with Crippen LogP contribution in [0.1, 0.15) is 25.3 Å². The van der Waals surface area contributed by atoms with Crippen molar-refractivity contribution in [2.45, 2.75) is 26.3 Å². The highest BCUT2D eigenvalue weighted by Crippen LogP contribution is 2.08. The van der Waals surface area contributed by atoms with Crippen LogP contribution in [-0.2, 0) is 11.3 Å². The van der Waals surface area contributed by atoms with Crippen molar-refractivity contribution in [1.29, 1.82) is 0 Å². The summed E-state index contributed by atoms with van der Waals surface area (Å²) in [6.45, 7) is 4.75. The molecule has 0 spiro atoms. The van der Waals surface area contributed by atoms with Crippen LogP contribution in [0.5, 0.6) is 0 Å². The molecule has 120 valence electrons. The number of hydrogen-bond acceptors (Lipinski definition) is 2. The quantitative estimate of drug-likeness (QED) is 0.640. The van der Waals surface area contributed by atoms with Gasteiger partial charge in [0.15, 0.2) is 5.96 Å². The van der Waals surface area contributed by atoms with Gasteiger partial charge in [0.25, 0.3) is 0 Å². The predicted octanol–water partition coefficient (Wildman–Crippen LogP) is 1.50. The zero-order valence-electron chi connectivity index (χ0n) is 12.9. The van der Waals surface area contributed by atoms with Crippen molar-refractivity contribution in [3.05, 3.63) is 35.6 Å². The summed E-state index contributed by atoms with van der Waals surface area (Å²) in [5, 5.41) is 6.08. The van der Waals surface area contributed by atoms with E-state index in [1.807, 2.05) is 11.8 Å². The second-order valence-electron chi connectivity index (χ2n) is 5.23. The van der Waals surface area contributed by atoms with Crippen molar-refractivity contribution >= 4 is 11.9 Å². The predicted molar refractivity (Wildman–Crippen MR) is 85.0 cm³/mol. The molecule has 1 heterocycles. The number of amides is 1. The molecule has 0 atom stereocenters. The number of carbonyl (C=O) groups is 1. The van der Waals surface area contributed by atoms with Crippen molar-refractivity contribution < 1.29 is 9.18 Å². The third-order valence-electron chi connectivity index (χ3n) is 3.58. The van der Waals surface area contributed by atoms with Gasteiger partial charge >= 0.3 is 0 Å². The normalized spacial score (nSPS) is 15.0. The Morgan fingerprint density at radius 1 is 1.27 bits per heavy atom. The van der Waals surface area contributed by atoms with Gasteiger partial charge in [0.1, 0.15) is 5.82 Å². The van der Waals surface area contributed by atoms with Crippen LogP contribution in [-0.4, -0.2) is 42.9 Å². The summed E-state index contributed by atoms with van der Waals surface area (Å²) in [4.78, 5) is 18.2. The third kappa shape index (κ3) is 4.72. The van der Waals surface area contributed by atoms with Crippen LogP contribution < -0.4 is 10.6 Å². The van der Waals surface area contributed by atoms with E-state index >= 15 is 0 Å². The Morgan fingerprint density at radius 2 is 2.00 bits per heavy atom. The summed E-state index contributed by atoms with van der Waals surface area (Å²) < 4.78 is 13.6. The van der Waals surface area contributed by atoms with Gasteiger partial charge in [-0.15, -0.1) is 0 Å². The van der Waals surface area contributed by atoms with Gasteiger partial charge in [-0.25, -0.2) is 9.38 Å². The number of likely N-dealkylation sites (tertiary alicyclic amines) is 1. The van der Waals surface area contributed by atoms with Crippen molar-refractivity contribution in [1.82, 2.24) is 15.5 Å². The summed E-state index contributed by atoms with van der Waals surface area (Å²) in [7, 11) is 0. The number of halogens is 1. The van der Waals surface area contributed by atoms with Crippen LogP contribution in [0.25, 0.3) is 0 Å². The summed E-state index contributed by atoms with van der Waals surface area (Å²) in [5.41, 5.74) is 0.533. The first-order valence-electron chi connectivity index (χ1n) is 7.74. The van der Waals surface area contributed by atoms with Crippen LogP contribution in [0.4, 0.5) is 4.39 Å². The largest absolute Gasteiger partial charge is 0.357 e. The molecule has 1 fully saturated rings. The highest BCUT2D eigenvalue weighted by Gasteiger charge is 2.17. The molecule has 0 saturated carbocycles. The van der Waals surface area contributed by atoms with E-state index in [4.69, 9.17) is 0 Å². The Balaban J connectivity index is 1.89. The number of rotatable bonds is 5. The lowest BCUT2D eigenvalue weighted by Crippen LogP contribution is -2.44. The summed E-state index contributed by atoms with van der Waals surface area (Å²) in [5.74, 6) is 0.336. The van der Waals surface area contributed by atoms with Crippen LogP contribution in [0, 0.1) is 5.82 Å². The SMILES string of the molecule is CCNC(=NCc1ccccc1F)NCC(=O)N1CCCC1. The van der Waals surface area contributed by atoms with E-state index in [9.17, 15) is 9.18 Å². The number of carbonyl (C=O) groups excluding carboxylic acids is 1. The van der Waals surface area contributed by atoms with Gasteiger partial charge in [-0.1, -0.05) is 18.2 Å². The van der Waals surface area contributed by atoms with E-state index in [1.54, 1.807) is 18.2 Å². The Morgan fingerprint density at radius 3 is 2.68 bits per heavy atom. The van der Waals surface area contributed by atoms with Crippen molar-refractivity contribution in [2.24, 2.45) is 4.99 Å². The molecule has 1 aliphatic rings. The molecular formula is C16H23FN4O. The molecule has 0 aliphatic carbocycles. The fourth-order valence-corrected chi connectivity index (χ4v) is 2.37. The summed E-state index contributed by atoms with van der Waals surface area (Å²) in [6, 6.07) is 6.56. The van der Waals surface area contributed by atoms with Crippen molar-refractivity contribution in [3.63, 3.8) is 0 Å². The molecule has 1 amide bonds. The molecule has 0 aromatic heterocycles. The molecule has 6 heteroatoms. The Labute approximate surface area is 130 Å². The number of nitrogens with one attached hydrogen (secondary N) is 2. The third-order valence-corrected chi connectivity index (χ3v) is 3.58. The standard InChI is InChI=1S/C16H23FN4O/c1-2-18-16(19-11-13-7-3-4-8-14(13)17)20-12-15(22)21-9-5-6-10-21/h3-4,7-8H,2,5-6,9-12H2,1H3,(H2,18,19,20). The van der Waals surface area contributed by atoms with Gasteiger partial charge in [0.05, 0.1) is 13.1 Å². The van der Waals surface area contributed by atoms with E-state index in [-0.39, 0.29) is 24.8 Å². The summed E-state index contributed by atoms with van der Waals surface area (Å²) >= 11 is 0. The molecule has 2 N–H and O–H groups in total. The fourth-order valence-electron chi connectivity index (χ4n) is 2.37. The van der Waals surface area contributed by atoms with Gasteiger partial charge < -0.3 is 15.5 Å². The maximum atomic E-state index is 13.6. The van der Waals surface area contributed by atoms with Gasteiger partial charge in [-0.2, -0.15) is 0 Å². The number of hydrogen-bond donors (Lipinski definition) is 2. The first-order valence-corrected chi connectivity index (χ1v) is 7.74. The molecule has 0 bridgehead atoms. The topological polar surface area (TPSA) is 56.7 Å². The Hall–Kier alpha value is -2.11. The van der Waals surface area contributed by atoms with Crippen LogP contribution in [0.15, 0.2) is 29.3 Å². The number of nitrogens with zero attached hydrogens (tertiary/aromatic N) is 2.